The molecule has 0 aromatic rings. The van der Waals surface area contributed by atoms with Crippen molar-refractivity contribution in [1.29, 1.82) is 0 Å². The van der Waals surface area contributed by atoms with Gasteiger partial charge < -0.3 is 9.84 Å². The Bertz CT molecular complexity index is 167. The second-order valence-corrected chi connectivity index (χ2v) is 4.53. The molecule has 82 valence electrons. The molecule has 2 saturated heterocycles. The fraction of sp³-hybridized carbons (Fsp3) is 1.00. The summed E-state index contributed by atoms with van der Waals surface area (Å²) in [6, 6.07) is 0.663. The van der Waals surface area contributed by atoms with Crippen molar-refractivity contribution in [3.63, 3.8) is 0 Å². The maximum Gasteiger partial charge on any atom is 0.0622 e. The minimum absolute atomic E-state index is 0.347. The lowest BCUT2D eigenvalue weighted by atomic mass is 9.94. The van der Waals surface area contributed by atoms with E-state index in [0.717, 1.165) is 19.6 Å². The fourth-order valence-corrected chi connectivity index (χ4v) is 2.66. The number of hydrogen-bond acceptors (Lipinski definition) is 3. The number of likely N-dealkylation sites (tertiary alicyclic amines) is 1. The standard InChI is InChI=1S/C11H21NO2/c13-6-3-10-2-1-5-12(8-10)11-4-7-14-9-11/h10-11,13H,1-9H2. The van der Waals surface area contributed by atoms with E-state index < -0.39 is 0 Å². The first-order chi connectivity index (χ1) is 6.90. The lowest BCUT2D eigenvalue weighted by Gasteiger charge is -2.36. The lowest BCUT2D eigenvalue weighted by molar-refractivity contribution is 0.0931. The molecule has 0 spiro atoms. The molecular weight excluding hydrogens is 178 g/mol. The molecule has 0 aromatic heterocycles. The molecule has 2 rings (SSSR count). The number of aliphatic hydroxyl groups excluding tert-OH is 1. The zero-order valence-corrected chi connectivity index (χ0v) is 8.82. The highest BCUT2D eigenvalue weighted by molar-refractivity contribution is 4.81. The van der Waals surface area contributed by atoms with Gasteiger partial charge in [-0.2, -0.15) is 0 Å². The van der Waals surface area contributed by atoms with Gasteiger partial charge in [0.25, 0.3) is 0 Å². The zero-order chi connectivity index (χ0) is 9.80. The van der Waals surface area contributed by atoms with Crippen molar-refractivity contribution >= 4 is 0 Å². The zero-order valence-electron chi connectivity index (χ0n) is 8.82. The first-order valence-electron chi connectivity index (χ1n) is 5.83. The van der Waals surface area contributed by atoms with Crippen molar-refractivity contribution in [3.05, 3.63) is 0 Å². The predicted octanol–water partition coefficient (Wildman–Crippen LogP) is 0.870. The summed E-state index contributed by atoms with van der Waals surface area (Å²) in [4.78, 5) is 2.57. The topological polar surface area (TPSA) is 32.7 Å². The maximum atomic E-state index is 8.93. The van der Waals surface area contributed by atoms with Crippen molar-refractivity contribution < 1.29 is 9.84 Å². The largest absolute Gasteiger partial charge is 0.396 e. The third-order valence-corrected chi connectivity index (χ3v) is 3.51. The van der Waals surface area contributed by atoms with E-state index in [1.54, 1.807) is 0 Å². The molecule has 3 nitrogen and oxygen atoms in total. The number of rotatable bonds is 3. The Kier molecular flexibility index (Phi) is 3.79. The van der Waals surface area contributed by atoms with Crippen LogP contribution in [0.2, 0.25) is 0 Å². The Hall–Kier alpha value is -0.120. The molecule has 0 radical (unpaired) electrons. The van der Waals surface area contributed by atoms with Crippen LogP contribution in [-0.4, -0.2) is 49.0 Å². The van der Waals surface area contributed by atoms with Gasteiger partial charge in [-0.3, -0.25) is 4.90 Å². The molecule has 0 aromatic carbocycles. The van der Waals surface area contributed by atoms with Crippen molar-refractivity contribution in [2.75, 3.05) is 32.9 Å². The molecule has 0 amide bonds. The summed E-state index contributed by atoms with van der Waals surface area (Å²) >= 11 is 0. The van der Waals surface area contributed by atoms with E-state index in [1.807, 2.05) is 0 Å². The van der Waals surface area contributed by atoms with E-state index in [4.69, 9.17) is 9.84 Å². The lowest BCUT2D eigenvalue weighted by Crippen LogP contribution is -2.43. The maximum absolute atomic E-state index is 8.93. The van der Waals surface area contributed by atoms with Gasteiger partial charge in [0.05, 0.1) is 6.61 Å². The van der Waals surface area contributed by atoms with E-state index in [0.29, 0.717) is 18.6 Å². The first kappa shape index (κ1) is 10.4. The number of nitrogens with zero attached hydrogens (tertiary/aromatic N) is 1. The smallest absolute Gasteiger partial charge is 0.0622 e. The van der Waals surface area contributed by atoms with Crippen LogP contribution in [0.15, 0.2) is 0 Å². The quantitative estimate of drug-likeness (QED) is 0.732. The molecule has 2 fully saturated rings. The normalized spacial score (nSPS) is 34.9. The minimum atomic E-state index is 0.347. The van der Waals surface area contributed by atoms with Crippen molar-refractivity contribution in [2.45, 2.75) is 31.7 Å². The number of aliphatic hydroxyl groups is 1. The Labute approximate surface area is 86.0 Å². The Balaban J connectivity index is 1.80. The average molecular weight is 199 g/mol. The Morgan fingerprint density at radius 1 is 1.36 bits per heavy atom. The molecule has 2 unspecified atom stereocenters. The molecule has 0 bridgehead atoms. The van der Waals surface area contributed by atoms with Crippen LogP contribution in [0.4, 0.5) is 0 Å². The third-order valence-electron chi connectivity index (χ3n) is 3.51. The fourth-order valence-electron chi connectivity index (χ4n) is 2.66. The summed E-state index contributed by atoms with van der Waals surface area (Å²) in [6.07, 6.45) is 4.77. The van der Waals surface area contributed by atoms with Gasteiger partial charge in [-0.15, -0.1) is 0 Å². The van der Waals surface area contributed by atoms with Gasteiger partial charge in [-0.1, -0.05) is 0 Å². The van der Waals surface area contributed by atoms with Crippen LogP contribution in [0, 0.1) is 5.92 Å². The van der Waals surface area contributed by atoms with Crippen LogP contribution in [0.3, 0.4) is 0 Å². The van der Waals surface area contributed by atoms with E-state index in [2.05, 4.69) is 4.90 Å². The summed E-state index contributed by atoms with van der Waals surface area (Å²) in [7, 11) is 0. The Morgan fingerprint density at radius 2 is 2.29 bits per heavy atom. The summed E-state index contributed by atoms with van der Waals surface area (Å²) in [5.41, 5.74) is 0. The van der Waals surface area contributed by atoms with Gasteiger partial charge in [0.15, 0.2) is 0 Å². The predicted molar refractivity (Wildman–Crippen MR) is 55.2 cm³/mol. The van der Waals surface area contributed by atoms with Crippen LogP contribution in [0.1, 0.15) is 25.7 Å². The molecular formula is C11H21NO2. The van der Waals surface area contributed by atoms with Crippen LogP contribution in [0.25, 0.3) is 0 Å². The number of hydrogen-bond donors (Lipinski definition) is 1. The summed E-state index contributed by atoms with van der Waals surface area (Å²) < 4.78 is 5.41. The summed E-state index contributed by atoms with van der Waals surface area (Å²) in [6.45, 7) is 4.61. The van der Waals surface area contributed by atoms with Gasteiger partial charge in [0, 0.05) is 25.8 Å². The highest BCUT2D eigenvalue weighted by atomic mass is 16.5. The summed E-state index contributed by atoms with van der Waals surface area (Å²) in [5.74, 6) is 0.717. The highest BCUT2D eigenvalue weighted by Crippen LogP contribution is 2.23. The molecule has 2 aliphatic rings. The second-order valence-electron chi connectivity index (χ2n) is 4.53. The van der Waals surface area contributed by atoms with E-state index in [-0.39, 0.29) is 0 Å². The second kappa shape index (κ2) is 5.10. The molecule has 2 aliphatic heterocycles. The minimum Gasteiger partial charge on any atom is -0.396 e. The van der Waals surface area contributed by atoms with Crippen LogP contribution < -0.4 is 0 Å². The van der Waals surface area contributed by atoms with Crippen LogP contribution >= 0.6 is 0 Å². The Morgan fingerprint density at radius 3 is 3.00 bits per heavy atom. The third kappa shape index (κ3) is 2.47. The van der Waals surface area contributed by atoms with E-state index in [9.17, 15) is 0 Å². The molecule has 0 aliphatic carbocycles. The van der Waals surface area contributed by atoms with Crippen molar-refractivity contribution in [3.8, 4) is 0 Å². The van der Waals surface area contributed by atoms with E-state index >= 15 is 0 Å². The number of ether oxygens (including phenoxy) is 1. The van der Waals surface area contributed by atoms with E-state index in [1.165, 1.54) is 32.4 Å². The average Bonchev–Trinajstić information content (AvgIpc) is 2.71. The molecule has 1 N–H and O–H groups in total. The summed E-state index contributed by atoms with van der Waals surface area (Å²) in [5, 5.41) is 8.93. The van der Waals surface area contributed by atoms with Crippen LogP contribution in [-0.2, 0) is 4.74 Å². The number of piperidine rings is 1. The highest BCUT2D eigenvalue weighted by Gasteiger charge is 2.27. The molecule has 2 atom stereocenters. The van der Waals surface area contributed by atoms with Gasteiger partial charge in [-0.05, 0) is 38.1 Å². The molecule has 2 heterocycles. The molecule has 0 saturated carbocycles. The van der Waals surface area contributed by atoms with Gasteiger partial charge in [-0.25, -0.2) is 0 Å². The van der Waals surface area contributed by atoms with Gasteiger partial charge in [0.1, 0.15) is 0 Å². The molecule has 3 heteroatoms. The van der Waals surface area contributed by atoms with Crippen LogP contribution in [0.5, 0.6) is 0 Å². The van der Waals surface area contributed by atoms with Gasteiger partial charge in [0.2, 0.25) is 0 Å². The molecule has 14 heavy (non-hydrogen) atoms. The van der Waals surface area contributed by atoms with Crippen molar-refractivity contribution in [2.24, 2.45) is 5.92 Å². The SMILES string of the molecule is OCCC1CCCN(C2CCOC2)C1. The monoisotopic (exact) mass is 199 g/mol. The first-order valence-corrected chi connectivity index (χ1v) is 5.83. The van der Waals surface area contributed by atoms with Crippen molar-refractivity contribution in [1.82, 2.24) is 4.90 Å². The van der Waals surface area contributed by atoms with Gasteiger partial charge >= 0.3 is 0 Å².